The lowest BCUT2D eigenvalue weighted by atomic mass is 9.70. The van der Waals surface area contributed by atoms with Crippen LogP contribution in [0, 0.1) is 5.41 Å². The fourth-order valence-electron chi connectivity index (χ4n) is 5.52. The highest BCUT2D eigenvalue weighted by atomic mass is 16.5. The number of tetrazole rings is 1. The zero-order chi connectivity index (χ0) is 23.2. The van der Waals surface area contributed by atoms with E-state index in [0.717, 1.165) is 43.5 Å². The molecule has 0 N–H and O–H groups in total. The van der Waals surface area contributed by atoms with E-state index in [-0.39, 0.29) is 29.9 Å². The van der Waals surface area contributed by atoms with Crippen molar-refractivity contribution in [2.45, 2.75) is 64.6 Å². The number of cyclic esters (lactones) is 1. The molecular weight excluding hydrogens is 424 g/mol. The van der Waals surface area contributed by atoms with Crippen LogP contribution in [0.3, 0.4) is 0 Å². The van der Waals surface area contributed by atoms with Crippen molar-refractivity contribution in [3.8, 4) is 5.82 Å². The van der Waals surface area contributed by atoms with Crippen LogP contribution in [0.15, 0.2) is 30.0 Å². The largest absolute Gasteiger partial charge is 0.456 e. The molecule has 11 heteroatoms. The van der Waals surface area contributed by atoms with Gasteiger partial charge in [-0.3, -0.25) is 14.7 Å². The van der Waals surface area contributed by atoms with Gasteiger partial charge in [-0.25, -0.2) is 9.78 Å². The predicted molar refractivity (Wildman–Crippen MR) is 115 cm³/mol. The van der Waals surface area contributed by atoms with E-state index >= 15 is 0 Å². The third-order valence-corrected chi connectivity index (χ3v) is 7.39. The lowest BCUT2D eigenvalue weighted by Crippen LogP contribution is -2.42. The van der Waals surface area contributed by atoms with Gasteiger partial charge < -0.3 is 9.64 Å². The molecule has 5 rings (SSSR count). The summed E-state index contributed by atoms with van der Waals surface area (Å²) in [7, 11) is 2.10. The molecule has 2 fully saturated rings. The van der Waals surface area contributed by atoms with E-state index in [1.165, 1.54) is 11.0 Å². The molecule has 1 saturated carbocycles. The van der Waals surface area contributed by atoms with Gasteiger partial charge in [0.2, 0.25) is 5.91 Å². The Hall–Kier alpha value is -3.21. The van der Waals surface area contributed by atoms with Crippen LogP contribution in [-0.4, -0.2) is 77.6 Å². The van der Waals surface area contributed by atoms with Crippen molar-refractivity contribution in [1.82, 2.24) is 40.0 Å². The number of aromatic nitrogens is 6. The molecule has 0 aromatic carbocycles. The summed E-state index contributed by atoms with van der Waals surface area (Å²) < 4.78 is 6.63. The van der Waals surface area contributed by atoms with Crippen LogP contribution in [0.25, 0.3) is 5.82 Å². The number of likely N-dealkylation sites (tertiary alicyclic amines) is 1. The van der Waals surface area contributed by atoms with Crippen LogP contribution in [0.4, 0.5) is 0 Å². The Balaban J connectivity index is 1.21. The second-order valence-electron chi connectivity index (χ2n) is 9.42. The number of rotatable bonds is 5. The van der Waals surface area contributed by atoms with Gasteiger partial charge >= 0.3 is 5.97 Å². The van der Waals surface area contributed by atoms with E-state index in [1.54, 1.807) is 19.3 Å². The molecule has 1 spiro atoms. The van der Waals surface area contributed by atoms with Crippen molar-refractivity contribution >= 4 is 11.9 Å². The molecule has 11 nitrogen and oxygen atoms in total. The molecule has 4 heterocycles. The molecule has 0 bridgehead atoms. The number of nitrogens with zero attached hydrogens (tertiary/aromatic N) is 8. The Labute approximate surface area is 191 Å². The van der Waals surface area contributed by atoms with Crippen molar-refractivity contribution in [1.29, 1.82) is 0 Å². The van der Waals surface area contributed by atoms with Gasteiger partial charge in [-0.05, 0) is 63.4 Å². The minimum Gasteiger partial charge on any atom is -0.456 e. The third-order valence-electron chi connectivity index (χ3n) is 7.39. The van der Waals surface area contributed by atoms with Gasteiger partial charge in [0.05, 0.1) is 34.8 Å². The highest BCUT2D eigenvalue weighted by molar-refractivity contribution is 5.94. The minimum atomic E-state index is -0.330. The van der Waals surface area contributed by atoms with Gasteiger partial charge in [-0.2, -0.15) is 4.68 Å². The van der Waals surface area contributed by atoms with E-state index in [9.17, 15) is 9.59 Å². The Morgan fingerprint density at radius 1 is 1.21 bits per heavy atom. The second-order valence-corrected chi connectivity index (χ2v) is 9.42. The fraction of sp³-hybridized carbons (Fsp3) is 0.591. The highest BCUT2D eigenvalue weighted by Gasteiger charge is 2.53. The predicted octanol–water partition coefficient (Wildman–Crippen LogP) is 1.26. The number of ether oxygens (including phenoxy) is 1. The summed E-state index contributed by atoms with van der Waals surface area (Å²) in [5, 5.41) is 11.0. The topological polar surface area (TPSA) is 119 Å². The van der Waals surface area contributed by atoms with Crippen LogP contribution >= 0.6 is 0 Å². The summed E-state index contributed by atoms with van der Waals surface area (Å²) in [5.41, 5.74) is 1.85. The maximum atomic E-state index is 13.5. The van der Waals surface area contributed by atoms with Crippen molar-refractivity contribution in [2.24, 2.45) is 5.41 Å². The Morgan fingerprint density at radius 3 is 2.61 bits per heavy atom. The molecule has 1 atom stereocenters. The monoisotopic (exact) mass is 452 g/mol. The zero-order valence-corrected chi connectivity index (χ0v) is 19.1. The van der Waals surface area contributed by atoms with E-state index in [1.807, 2.05) is 4.90 Å². The fourth-order valence-corrected chi connectivity index (χ4v) is 5.52. The number of amides is 1. The van der Waals surface area contributed by atoms with Gasteiger partial charge in [0.15, 0.2) is 5.82 Å². The van der Waals surface area contributed by atoms with Crippen molar-refractivity contribution in [3.05, 3.63) is 35.7 Å². The summed E-state index contributed by atoms with van der Waals surface area (Å²) in [4.78, 5) is 38.4. The lowest BCUT2D eigenvalue weighted by Gasteiger charge is -2.39. The first-order valence-corrected chi connectivity index (χ1v) is 11.3. The van der Waals surface area contributed by atoms with Gasteiger partial charge in [0, 0.05) is 18.6 Å². The molecule has 1 saturated heterocycles. The molecule has 2 aliphatic heterocycles. The summed E-state index contributed by atoms with van der Waals surface area (Å²) in [6.45, 7) is 4.71. The second kappa shape index (κ2) is 8.29. The number of carbonyl (C=O) groups is 2. The van der Waals surface area contributed by atoms with Crippen LogP contribution < -0.4 is 0 Å². The van der Waals surface area contributed by atoms with Gasteiger partial charge in [0.25, 0.3) is 0 Å². The number of esters is 1. The van der Waals surface area contributed by atoms with Crippen LogP contribution in [0.1, 0.15) is 51.6 Å². The van der Waals surface area contributed by atoms with Gasteiger partial charge in [-0.1, -0.05) is 0 Å². The van der Waals surface area contributed by atoms with Crippen LogP contribution in [0.2, 0.25) is 0 Å². The molecule has 1 amide bonds. The van der Waals surface area contributed by atoms with E-state index < -0.39 is 0 Å². The smallest absolute Gasteiger partial charge is 0.336 e. The lowest BCUT2D eigenvalue weighted by molar-refractivity contribution is -0.139. The standard InChI is InChI=1S/C22H28N8O3/c1-14-8-22(21(32)30(14)18-12-33-20(31)15(18)2)6-4-17(5-7-22)28(3)11-16-9-24-19(10-23-16)29-13-25-26-27-29/h9-10,13-14,17H,4-8,11-12H2,1-3H3/t14-,17-,22+/m0/s1. The minimum absolute atomic E-state index is 0.0835. The molecule has 174 valence electrons. The van der Waals surface area contributed by atoms with Crippen molar-refractivity contribution in [2.75, 3.05) is 13.7 Å². The Bertz CT molecular complexity index is 1070. The molecule has 0 radical (unpaired) electrons. The molecule has 33 heavy (non-hydrogen) atoms. The van der Waals surface area contributed by atoms with E-state index in [2.05, 4.69) is 44.4 Å². The third kappa shape index (κ3) is 3.79. The van der Waals surface area contributed by atoms with Crippen molar-refractivity contribution in [3.63, 3.8) is 0 Å². The first kappa shape index (κ1) is 21.6. The molecule has 3 aliphatic rings. The molecule has 0 unspecified atom stereocenters. The Morgan fingerprint density at radius 2 is 2.00 bits per heavy atom. The average molecular weight is 453 g/mol. The van der Waals surface area contributed by atoms with Gasteiger partial charge in [0.1, 0.15) is 12.9 Å². The Kier molecular flexibility index (Phi) is 5.43. The van der Waals surface area contributed by atoms with E-state index in [0.29, 0.717) is 24.0 Å². The molecule has 1 aliphatic carbocycles. The van der Waals surface area contributed by atoms with Crippen LogP contribution in [0.5, 0.6) is 0 Å². The maximum Gasteiger partial charge on any atom is 0.336 e. The zero-order valence-electron chi connectivity index (χ0n) is 19.1. The van der Waals surface area contributed by atoms with Crippen LogP contribution in [-0.2, 0) is 20.9 Å². The van der Waals surface area contributed by atoms with Gasteiger partial charge in [-0.15, -0.1) is 5.10 Å². The summed E-state index contributed by atoms with van der Waals surface area (Å²) >= 11 is 0. The number of carbonyl (C=O) groups excluding carboxylic acids is 2. The summed E-state index contributed by atoms with van der Waals surface area (Å²) in [5.74, 6) is 0.419. The molecular formula is C22H28N8O3. The van der Waals surface area contributed by atoms with Crippen molar-refractivity contribution < 1.29 is 14.3 Å². The number of hydrogen-bond donors (Lipinski definition) is 0. The highest BCUT2D eigenvalue weighted by Crippen LogP contribution is 2.49. The molecule has 2 aromatic heterocycles. The average Bonchev–Trinajstić information content (AvgIpc) is 3.51. The first-order chi connectivity index (χ1) is 15.9. The first-order valence-electron chi connectivity index (χ1n) is 11.3. The normalized spacial score (nSPS) is 27.8. The maximum absolute atomic E-state index is 13.5. The SMILES string of the molecule is CC1=C(N2C(=O)[C@]3(CC[C@@H](N(C)Cc4cnc(-n5cnnn5)cn4)CC3)C[C@@H]2C)COC1=O. The molecule has 2 aromatic rings. The summed E-state index contributed by atoms with van der Waals surface area (Å²) in [6, 6.07) is 0.464. The summed E-state index contributed by atoms with van der Waals surface area (Å²) in [6.07, 6.45) is 9.33. The number of hydrogen-bond acceptors (Lipinski definition) is 9. The quantitative estimate of drug-likeness (QED) is 0.618. The van der Waals surface area contributed by atoms with E-state index in [4.69, 9.17) is 4.74 Å².